The molecule has 1 saturated heterocycles. The van der Waals surface area contributed by atoms with Crippen molar-refractivity contribution in [2.45, 2.75) is 44.9 Å². The van der Waals surface area contributed by atoms with Crippen molar-refractivity contribution in [3.05, 3.63) is 70.0 Å². The number of H-pyrrole nitrogens is 1. The molecule has 2 fully saturated rings. The summed E-state index contributed by atoms with van der Waals surface area (Å²) in [5, 5.41) is 2.56. The number of nitrogens with zero attached hydrogens (tertiary/aromatic N) is 3. The maximum Gasteiger partial charge on any atom is 0.417 e. The van der Waals surface area contributed by atoms with Crippen LogP contribution in [0.1, 0.15) is 42.6 Å². The SMILES string of the molecule is C[C@@H]1CN(c2cc(F)c(-c3ccc(OCC4CC4)nc3)cc2NC(=O)c2c[nH]c(=O)cc2C(F)(F)F)C[C@H](C)N1C. The summed E-state index contributed by atoms with van der Waals surface area (Å²) in [5.74, 6) is -0.729. The van der Waals surface area contributed by atoms with E-state index in [1.54, 1.807) is 12.1 Å². The summed E-state index contributed by atoms with van der Waals surface area (Å²) in [5.41, 5.74) is -2.13. The van der Waals surface area contributed by atoms with Gasteiger partial charge in [-0.05, 0) is 57.9 Å². The molecule has 12 heteroatoms. The summed E-state index contributed by atoms with van der Waals surface area (Å²) >= 11 is 0. The first-order valence-corrected chi connectivity index (χ1v) is 13.4. The van der Waals surface area contributed by atoms with Crippen molar-refractivity contribution in [2.24, 2.45) is 5.92 Å². The topological polar surface area (TPSA) is 90.6 Å². The lowest BCUT2D eigenvalue weighted by Crippen LogP contribution is -2.55. The van der Waals surface area contributed by atoms with Gasteiger partial charge in [-0.2, -0.15) is 13.2 Å². The van der Waals surface area contributed by atoms with Crippen LogP contribution < -0.4 is 20.5 Å². The fourth-order valence-electron chi connectivity index (χ4n) is 4.94. The van der Waals surface area contributed by atoms with E-state index in [2.05, 4.69) is 20.2 Å². The third-order valence-electron chi connectivity index (χ3n) is 7.72. The summed E-state index contributed by atoms with van der Waals surface area (Å²) in [6.07, 6.45) is -0.503. The van der Waals surface area contributed by atoms with Crippen LogP contribution in [0.2, 0.25) is 0 Å². The van der Waals surface area contributed by atoms with Gasteiger partial charge in [0.25, 0.3) is 5.91 Å². The van der Waals surface area contributed by atoms with Crippen LogP contribution in [0, 0.1) is 11.7 Å². The number of ether oxygens (including phenoxy) is 1. The Labute approximate surface area is 234 Å². The Bertz CT molecular complexity index is 1480. The number of nitrogens with one attached hydrogen (secondary N) is 2. The average Bonchev–Trinajstić information content (AvgIpc) is 3.75. The minimum absolute atomic E-state index is 0.0912. The molecule has 218 valence electrons. The Morgan fingerprint density at radius 2 is 1.85 bits per heavy atom. The number of likely N-dealkylation sites (N-methyl/N-ethyl adjacent to an activating group) is 1. The number of hydrogen-bond donors (Lipinski definition) is 2. The monoisotopic (exact) mass is 573 g/mol. The molecule has 41 heavy (non-hydrogen) atoms. The minimum Gasteiger partial charge on any atom is -0.477 e. The van der Waals surface area contributed by atoms with Crippen LogP contribution in [0.25, 0.3) is 11.1 Å². The van der Waals surface area contributed by atoms with Gasteiger partial charge < -0.3 is 19.9 Å². The van der Waals surface area contributed by atoms with Crippen molar-refractivity contribution >= 4 is 17.3 Å². The molecule has 1 saturated carbocycles. The van der Waals surface area contributed by atoms with E-state index in [1.807, 2.05) is 25.8 Å². The highest BCUT2D eigenvalue weighted by molar-refractivity contribution is 6.07. The van der Waals surface area contributed by atoms with E-state index in [0.29, 0.717) is 48.8 Å². The molecule has 3 heterocycles. The van der Waals surface area contributed by atoms with Crippen molar-refractivity contribution in [3.8, 4) is 17.0 Å². The quantitative estimate of drug-likeness (QED) is 0.380. The number of hydrogen-bond acceptors (Lipinski definition) is 6. The molecule has 0 unspecified atom stereocenters. The van der Waals surface area contributed by atoms with Gasteiger partial charge in [0.05, 0.1) is 29.1 Å². The van der Waals surface area contributed by atoms with Crippen molar-refractivity contribution in [1.82, 2.24) is 14.9 Å². The second-order valence-electron chi connectivity index (χ2n) is 10.8. The molecule has 0 bridgehead atoms. The van der Waals surface area contributed by atoms with Gasteiger partial charge in [-0.3, -0.25) is 14.5 Å². The van der Waals surface area contributed by atoms with Crippen molar-refractivity contribution < 1.29 is 27.1 Å². The second kappa shape index (κ2) is 11.2. The smallest absolute Gasteiger partial charge is 0.417 e. The lowest BCUT2D eigenvalue weighted by atomic mass is 10.0. The Balaban J connectivity index is 1.52. The Kier molecular flexibility index (Phi) is 7.78. The van der Waals surface area contributed by atoms with Crippen molar-refractivity contribution in [2.75, 3.05) is 37.0 Å². The zero-order valence-electron chi connectivity index (χ0n) is 22.9. The molecule has 0 radical (unpaired) electrons. The number of anilines is 2. The first-order chi connectivity index (χ1) is 19.4. The summed E-state index contributed by atoms with van der Waals surface area (Å²) in [6, 6.07) is 6.48. The number of carbonyl (C=O) groups is 1. The van der Waals surface area contributed by atoms with E-state index in [9.17, 15) is 22.8 Å². The first-order valence-electron chi connectivity index (χ1n) is 13.4. The Morgan fingerprint density at radius 3 is 2.46 bits per heavy atom. The molecule has 2 aliphatic rings. The number of aromatic nitrogens is 2. The number of carbonyl (C=O) groups excluding carboxylic acids is 1. The summed E-state index contributed by atoms with van der Waals surface area (Å²) in [4.78, 5) is 35.3. The molecular formula is C29H31F4N5O3. The van der Waals surface area contributed by atoms with Gasteiger partial charge in [0.15, 0.2) is 0 Å². The second-order valence-corrected chi connectivity index (χ2v) is 10.8. The van der Waals surface area contributed by atoms with Crippen LogP contribution in [-0.2, 0) is 6.18 Å². The number of piperazine rings is 1. The number of pyridine rings is 2. The number of rotatable bonds is 7. The summed E-state index contributed by atoms with van der Waals surface area (Å²) in [6.45, 7) is 5.60. The van der Waals surface area contributed by atoms with Gasteiger partial charge in [0.1, 0.15) is 5.82 Å². The van der Waals surface area contributed by atoms with Gasteiger partial charge in [-0.25, -0.2) is 9.37 Å². The van der Waals surface area contributed by atoms with Gasteiger partial charge in [-0.1, -0.05) is 0 Å². The number of aromatic amines is 1. The Hall–Kier alpha value is -3.93. The van der Waals surface area contributed by atoms with E-state index >= 15 is 4.39 Å². The highest BCUT2D eigenvalue weighted by atomic mass is 19.4. The molecule has 1 amide bonds. The molecule has 2 atom stereocenters. The molecule has 3 aromatic rings. The normalized spacial score (nSPS) is 19.7. The van der Waals surface area contributed by atoms with Crippen LogP contribution in [0.3, 0.4) is 0 Å². The molecule has 1 aliphatic heterocycles. The van der Waals surface area contributed by atoms with E-state index in [4.69, 9.17) is 4.74 Å². The maximum absolute atomic E-state index is 15.6. The maximum atomic E-state index is 15.6. The van der Waals surface area contributed by atoms with Crippen molar-refractivity contribution in [3.63, 3.8) is 0 Å². The van der Waals surface area contributed by atoms with Crippen LogP contribution in [0.5, 0.6) is 5.88 Å². The molecule has 8 nitrogen and oxygen atoms in total. The zero-order valence-corrected chi connectivity index (χ0v) is 22.9. The fourth-order valence-corrected chi connectivity index (χ4v) is 4.94. The molecule has 1 aliphatic carbocycles. The molecule has 0 spiro atoms. The molecular weight excluding hydrogens is 542 g/mol. The number of alkyl halides is 3. The third kappa shape index (κ3) is 6.37. The van der Waals surface area contributed by atoms with E-state index < -0.39 is 34.6 Å². The number of benzene rings is 1. The largest absolute Gasteiger partial charge is 0.477 e. The lowest BCUT2D eigenvalue weighted by Gasteiger charge is -2.44. The van der Waals surface area contributed by atoms with Gasteiger partial charge in [-0.15, -0.1) is 0 Å². The third-order valence-corrected chi connectivity index (χ3v) is 7.72. The first kappa shape index (κ1) is 28.6. The lowest BCUT2D eigenvalue weighted by molar-refractivity contribution is -0.138. The number of halogens is 4. The van der Waals surface area contributed by atoms with Crippen LogP contribution in [0.15, 0.2) is 47.5 Å². The molecule has 2 aromatic heterocycles. The van der Waals surface area contributed by atoms with E-state index in [-0.39, 0.29) is 23.3 Å². The summed E-state index contributed by atoms with van der Waals surface area (Å²) < 4.78 is 62.3. The highest BCUT2D eigenvalue weighted by Gasteiger charge is 2.36. The van der Waals surface area contributed by atoms with Gasteiger partial charge in [0, 0.05) is 60.8 Å². The van der Waals surface area contributed by atoms with Gasteiger partial charge in [0.2, 0.25) is 11.4 Å². The zero-order chi connectivity index (χ0) is 29.5. The standard InChI is InChI=1S/C29H31F4N5O3/c1-16-13-38(14-17(2)37(16)3)25-10-23(30)20(19-6-7-27(35-11-19)41-15-18-4-5-18)8-24(25)36-28(40)21-12-34-26(39)9-22(21)29(31,32)33/h6-12,16-18H,4-5,13-15H2,1-3H3,(H,34,39)(H,36,40)/t16-,17+. The van der Waals surface area contributed by atoms with Crippen LogP contribution >= 0.6 is 0 Å². The summed E-state index contributed by atoms with van der Waals surface area (Å²) in [7, 11) is 1.99. The molecule has 2 N–H and O–H groups in total. The highest BCUT2D eigenvalue weighted by Crippen LogP contribution is 2.37. The predicted molar refractivity (Wildman–Crippen MR) is 147 cm³/mol. The molecule has 1 aromatic carbocycles. The number of amides is 1. The Morgan fingerprint density at radius 1 is 1.15 bits per heavy atom. The molecule has 5 rings (SSSR count). The average molecular weight is 574 g/mol. The van der Waals surface area contributed by atoms with E-state index in [0.717, 1.165) is 19.0 Å². The van der Waals surface area contributed by atoms with Gasteiger partial charge >= 0.3 is 6.18 Å². The predicted octanol–water partition coefficient (Wildman–Crippen LogP) is 5.16. The van der Waals surface area contributed by atoms with Crippen LogP contribution in [-0.4, -0.2) is 59.6 Å². The van der Waals surface area contributed by atoms with Crippen LogP contribution in [0.4, 0.5) is 28.9 Å². The fraction of sp³-hybridized carbons (Fsp3) is 0.414. The minimum atomic E-state index is -4.94. The van der Waals surface area contributed by atoms with Crippen molar-refractivity contribution in [1.29, 1.82) is 0 Å². The van der Waals surface area contributed by atoms with E-state index in [1.165, 1.54) is 18.3 Å².